The Balaban J connectivity index is 1.83. The molecule has 1 heterocycles. The highest BCUT2D eigenvalue weighted by molar-refractivity contribution is 6.31. The van der Waals surface area contributed by atoms with Crippen molar-refractivity contribution in [3.05, 3.63) is 28.8 Å². The summed E-state index contributed by atoms with van der Waals surface area (Å²) in [5, 5.41) is 4.05. The van der Waals surface area contributed by atoms with Crippen LogP contribution in [-0.4, -0.2) is 38.7 Å². The van der Waals surface area contributed by atoms with Crippen molar-refractivity contribution in [1.82, 2.24) is 10.2 Å². The maximum absolute atomic E-state index is 6.31. The number of nitrogens with zero attached hydrogens (tertiary/aromatic N) is 1. The van der Waals surface area contributed by atoms with Gasteiger partial charge in [0.1, 0.15) is 5.75 Å². The van der Waals surface area contributed by atoms with Crippen molar-refractivity contribution in [2.75, 3.05) is 33.8 Å². The summed E-state index contributed by atoms with van der Waals surface area (Å²) in [6.45, 7) is 4.43. The molecule has 0 amide bonds. The maximum Gasteiger partial charge on any atom is 0.120 e. The van der Waals surface area contributed by atoms with Crippen LogP contribution in [-0.2, 0) is 6.54 Å². The molecule has 1 aromatic carbocycles. The lowest BCUT2D eigenvalue weighted by Crippen LogP contribution is -2.34. The topological polar surface area (TPSA) is 24.5 Å². The number of benzene rings is 1. The van der Waals surface area contributed by atoms with Gasteiger partial charge in [-0.2, -0.15) is 0 Å². The molecule has 1 aliphatic rings. The molecule has 20 heavy (non-hydrogen) atoms. The van der Waals surface area contributed by atoms with E-state index in [0.29, 0.717) is 0 Å². The number of methoxy groups -OCH3 is 1. The summed E-state index contributed by atoms with van der Waals surface area (Å²) in [4.78, 5) is 2.50. The smallest absolute Gasteiger partial charge is 0.120 e. The molecule has 1 saturated heterocycles. The average Bonchev–Trinajstić information content (AvgIpc) is 2.48. The number of piperidine rings is 1. The Morgan fingerprint density at radius 2 is 2.10 bits per heavy atom. The average molecular weight is 297 g/mol. The Morgan fingerprint density at radius 1 is 1.35 bits per heavy atom. The molecule has 2 rings (SSSR count). The normalized spacial score (nSPS) is 17.4. The molecule has 1 aliphatic heterocycles. The fraction of sp³-hybridized carbons (Fsp3) is 0.625. The van der Waals surface area contributed by atoms with Crippen LogP contribution >= 0.6 is 11.6 Å². The molecule has 0 spiro atoms. The first-order valence-corrected chi connectivity index (χ1v) is 7.80. The number of hydrogen-bond donors (Lipinski definition) is 1. The number of nitrogens with one attached hydrogen (secondary N) is 1. The second kappa shape index (κ2) is 7.87. The Bertz CT molecular complexity index is 417. The Morgan fingerprint density at radius 3 is 2.70 bits per heavy atom. The summed E-state index contributed by atoms with van der Waals surface area (Å²) in [7, 11) is 3.70. The van der Waals surface area contributed by atoms with Crippen molar-refractivity contribution in [1.29, 1.82) is 0 Å². The van der Waals surface area contributed by atoms with Gasteiger partial charge in [-0.25, -0.2) is 0 Å². The van der Waals surface area contributed by atoms with E-state index in [1.54, 1.807) is 7.11 Å². The van der Waals surface area contributed by atoms with Crippen molar-refractivity contribution >= 4 is 11.6 Å². The number of rotatable bonds is 6. The van der Waals surface area contributed by atoms with Gasteiger partial charge in [-0.1, -0.05) is 17.7 Å². The highest BCUT2D eigenvalue weighted by Crippen LogP contribution is 2.26. The minimum Gasteiger partial charge on any atom is -0.497 e. The molecule has 1 fully saturated rings. The monoisotopic (exact) mass is 296 g/mol. The van der Waals surface area contributed by atoms with E-state index < -0.39 is 0 Å². The predicted molar refractivity (Wildman–Crippen MR) is 84.5 cm³/mol. The van der Waals surface area contributed by atoms with E-state index in [1.807, 2.05) is 19.2 Å². The van der Waals surface area contributed by atoms with Crippen LogP contribution in [0.2, 0.25) is 5.02 Å². The van der Waals surface area contributed by atoms with E-state index in [1.165, 1.54) is 37.9 Å². The minimum absolute atomic E-state index is 0.807. The summed E-state index contributed by atoms with van der Waals surface area (Å²) in [5.74, 6) is 1.70. The van der Waals surface area contributed by atoms with Crippen LogP contribution in [0.5, 0.6) is 5.75 Å². The molecule has 3 nitrogen and oxygen atoms in total. The quantitative estimate of drug-likeness (QED) is 0.873. The van der Waals surface area contributed by atoms with Crippen LogP contribution in [0, 0.1) is 5.92 Å². The first kappa shape index (κ1) is 15.6. The number of likely N-dealkylation sites (tertiary alicyclic amines) is 1. The third kappa shape index (κ3) is 4.37. The second-order valence-corrected chi connectivity index (χ2v) is 5.98. The SMILES string of the molecule is CNCCC1CCN(Cc2ccc(OC)cc2Cl)CC1. The van der Waals surface area contributed by atoms with E-state index in [2.05, 4.69) is 16.3 Å². The Kier molecular flexibility index (Phi) is 6.14. The summed E-state index contributed by atoms with van der Waals surface area (Å²) in [5.41, 5.74) is 1.20. The largest absolute Gasteiger partial charge is 0.497 e. The van der Waals surface area contributed by atoms with Crippen LogP contribution in [0.25, 0.3) is 0 Å². The fourth-order valence-electron chi connectivity index (χ4n) is 2.81. The molecule has 0 atom stereocenters. The number of ether oxygens (including phenoxy) is 1. The van der Waals surface area contributed by atoms with Crippen LogP contribution < -0.4 is 10.1 Å². The molecule has 0 bridgehead atoms. The zero-order valence-corrected chi connectivity index (χ0v) is 13.2. The molecule has 0 aromatic heterocycles. The standard InChI is InChI=1S/C16H25ClN2O/c1-18-8-5-13-6-9-19(10-7-13)12-14-3-4-15(20-2)11-16(14)17/h3-4,11,13,18H,5-10,12H2,1-2H3. The number of hydrogen-bond acceptors (Lipinski definition) is 3. The van der Waals surface area contributed by atoms with Crippen molar-refractivity contribution < 1.29 is 4.74 Å². The molecular weight excluding hydrogens is 272 g/mol. The van der Waals surface area contributed by atoms with E-state index in [0.717, 1.165) is 29.8 Å². The Labute approximate surface area is 127 Å². The van der Waals surface area contributed by atoms with Gasteiger partial charge in [-0.05, 0) is 69.6 Å². The van der Waals surface area contributed by atoms with Gasteiger partial charge in [-0.15, -0.1) is 0 Å². The van der Waals surface area contributed by atoms with Crippen LogP contribution in [0.4, 0.5) is 0 Å². The van der Waals surface area contributed by atoms with E-state index in [4.69, 9.17) is 16.3 Å². The number of halogens is 1. The molecule has 0 radical (unpaired) electrons. The van der Waals surface area contributed by atoms with Gasteiger partial charge in [0.2, 0.25) is 0 Å². The second-order valence-electron chi connectivity index (χ2n) is 5.57. The van der Waals surface area contributed by atoms with Crippen molar-refractivity contribution in [3.8, 4) is 5.75 Å². The molecule has 1 aromatic rings. The van der Waals surface area contributed by atoms with Gasteiger partial charge in [0.05, 0.1) is 7.11 Å². The van der Waals surface area contributed by atoms with Gasteiger partial charge in [0.25, 0.3) is 0 Å². The van der Waals surface area contributed by atoms with Gasteiger partial charge in [-0.3, -0.25) is 4.90 Å². The zero-order valence-electron chi connectivity index (χ0n) is 12.5. The molecule has 112 valence electrons. The zero-order chi connectivity index (χ0) is 14.4. The lowest BCUT2D eigenvalue weighted by atomic mass is 9.93. The summed E-state index contributed by atoms with van der Waals surface area (Å²) in [6.07, 6.45) is 3.90. The van der Waals surface area contributed by atoms with Crippen molar-refractivity contribution in [2.45, 2.75) is 25.8 Å². The molecule has 0 unspecified atom stereocenters. The van der Waals surface area contributed by atoms with Crippen LogP contribution in [0.15, 0.2) is 18.2 Å². The van der Waals surface area contributed by atoms with E-state index in [9.17, 15) is 0 Å². The van der Waals surface area contributed by atoms with Gasteiger partial charge >= 0.3 is 0 Å². The maximum atomic E-state index is 6.31. The van der Waals surface area contributed by atoms with Crippen molar-refractivity contribution in [2.24, 2.45) is 5.92 Å². The van der Waals surface area contributed by atoms with E-state index in [-0.39, 0.29) is 0 Å². The molecule has 4 heteroatoms. The minimum atomic E-state index is 0.807. The van der Waals surface area contributed by atoms with E-state index >= 15 is 0 Å². The van der Waals surface area contributed by atoms with Crippen molar-refractivity contribution in [3.63, 3.8) is 0 Å². The summed E-state index contributed by atoms with van der Waals surface area (Å²) in [6, 6.07) is 5.96. The predicted octanol–water partition coefficient (Wildman–Crippen LogP) is 3.17. The highest BCUT2D eigenvalue weighted by Gasteiger charge is 2.19. The van der Waals surface area contributed by atoms with Gasteiger partial charge in [0, 0.05) is 11.6 Å². The highest BCUT2D eigenvalue weighted by atomic mass is 35.5. The fourth-order valence-corrected chi connectivity index (χ4v) is 3.04. The van der Waals surface area contributed by atoms with Crippen LogP contribution in [0.3, 0.4) is 0 Å². The van der Waals surface area contributed by atoms with Gasteiger partial charge < -0.3 is 10.1 Å². The lowest BCUT2D eigenvalue weighted by molar-refractivity contribution is 0.172. The molecular formula is C16H25ClN2O. The first-order valence-electron chi connectivity index (χ1n) is 7.42. The van der Waals surface area contributed by atoms with Crippen LogP contribution in [0.1, 0.15) is 24.8 Å². The summed E-state index contributed by atoms with van der Waals surface area (Å²) < 4.78 is 5.19. The van der Waals surface area contributed by atoms with Gasteiger partial charge in [0.15, 0.2) is 0 Å². The Hall–Kier alpha value is -0.770. The third-order valence-corrected chi connectivity index (χ3v) is 4.52. The third-order valence-electron chi connectivity index (χ3n) is 4.16. The molecule has 0 aliphatic carbocycles. The molecule has 1 N–H and O–H groups in total. The molecule has 0 saturated carbocycles. The summed E-state index contributed by atoms with van der Waals surface area (Å²) >= 11 is 6.31. The lowest BCUT2D eigenvalue weighted by Gasteiger charge is -2.32. The first-order chi connectivity index (χ1) is 9.72.